The summed E-state index contributed by atoms with van der Waals surface area (Å²) in [6.45, 7) is 3.16. The number of fused-ring (bicyclic) bond motifs is 1. The average molecular weight is 282 g/mol. The lowest BCUT2D eigenvalue weighted by Crippen LogP contribution is -2.27. The van der Waals surface area contributed by atoms with Gasteiger partial charge in [0.25, 0.3) is 0 Å². The van der Waals surface area contributed by atoms with E-state index < -0.39 is 0 Å². The number of nitrogens with zero attached hydrogens (tertiary/aromatic N) is 2. The Morgan fingerprint density at radius 1 is 1.42 bits per heavy atom. The number of aryl methyl sites for hydroxylation is 1. The van der Waals surface area contributed by atoms with Gasteiger partial charge in [0.2, 0.25) is 5.95 Å². The van der Waals surface area contributed by atoms with Gasteiger partial charge in [-0.1, -0.05) is 0 Å². The summed E-state index contributed by atoms with van der Waals surface area (Å²) in [6, 6.07) is 2.06. The summed E-state index contributed by atoms with van der Waals surface area (Å²) in [5.41, 5.74) is 5.72. The molecule has 0 fully saturated rings. The second-order valence-electron chi connectivity index (χ2n) is 4.20. The van der Waals surface area contributed by atoms with Gasteiger partial charge in [-0.25, -0.2) is 4.98 Å². The zero-order valence-corrected chi connectivity index (χ0v) is 12.1. The number of ether oxygens (including phenoxy) is 2. The molecule has 0 radical (unpaired) electrons. The summed E-state index contributed by atoms with van der Waals surface area (Å²) in [7, 11) is 3.30. The second kappa shape index (κ2) is 6.14. The van der Waals surface area contributed by atoms with Gasteiger partial charge < -0.3 is 20.5 Å². The van der Waals surface area contributed by atoms with Crippen molar-refractivity contribution < 1.29 is 9.47 Å². The maximum atomic E-state index is 5.72. The molecule has 0 aromatic carbocycles. The first-order valence-corrected chi connectivity index (χ1v) is 6.75. The SMILES string of the molecule is COCC(CNc1nc(N)nc2sc(C)cc12)OC. The molecule has 1 unspecified atom stereocenters. The fourth-order valence-corrected chi connectivity index (χ4v) is 2.69. The van der Waals surface area contributed by atoms with Gasteiger partial charge in [-0.15, -0.1) is 11.3 Å². The number of anilines is 2. The van der Waals surface area contributed by atoms with Gasteiger partial charge in [0.15, 0.2) is 0 Å². The van der Waals surface area contributed by atoms with Crippen LogP contribution in [0.15, 0.2) is 6.07 Å². The van der Waals surface area contributed by atoms with Gasteiger partial charge >= 0.3 is 0 Å². The largest absolute Gasteiger partial charge is 0.382 e. The third-order valence-electron chi connectivity index (χ3n) is 2.72. The van der Waals surface area contributed by atoms with Crippen LogP contribution in [0.25, 0.3) is 10.2 Å². The molecule has 3 N–H and O–H groups in total. The van der Waals surface area contributed by atoms with E-state index in [1.54, 1.807) is 25.6 Å². The number of rotatable bonds is 6. The van der Waals surface area contributed by atoms with Crippen molar-refractivity contribution >= 4 is 33.3 Å². The summed E-state index contributed by atoms with van der Waals surface area (Å²) in [5, 5.41) is 4.24. The molecule has 0 aliphatic carbocycles. The van der Waals surface area contributed by atoms with Crippen LogP contribution in [0.5, 0.6) is 0 Å². The topological polar surface area (TPSA) is 82.3 Å². The van der Waals surface area contributed by atoms with Crippen LogP contribution in [0.4, 0.5) is 11.8 Å². The van der Waals surface area contributed by atoms with Crippen LogP contribution in [-0.2, 0) is 9.47 Å². The standard InChI is InChI=1S/C12H18N4O2S/c1-7-4-9-10(14-5-8(18-3)6-17-2)15-12(13)16-11(9)19-7/h4,8H,5-6H2,1-3H3,(H3,13,14,15,16). The number of methoxy groups -OCH3 is 2. The molecule has 0 aliphatic heterocycles. The Bertz CT molecular complexity index is 558. The van der Waals surface area contributed by atoms with E-state index in [0.717, 1.165) is 16.0 Å². The number of thiophene rings is 1. The van der Waals surface area contributed by atoms with E-state index in [1.165, 1.54) is 4.88 Å². The van der Waals surface area contributed by atoms with Crippen molar-refractivity contribution in [3.8, 4) is 0 Å². The zero-order valence-electron chi connectivity index (χ0n) is 11.3. The monoisotopic (exact) mass is 282 g/mol. The zero-order chi connectivity index (χ0) is 13.8. The van der Waals surface area contributed by atoms with Crippen molar-refractivity contribution in [2.75, 3.05) is 38.4 Å². The first kappa shape index (κ1) is 14.0. The lowest BCUT2D eigenvalue weighted by Gasteiger charge is -2.15. The minimum atomic E-state index is -0.0315. The molecule has 0 bridgehead atoms. The van der Waals surface area contributed by atoms with Crippen LogP contribution in [0.2, 0.25) is 0 Å². The summed E-state index contributed by atoms with van der Waals surface area (Å²) in [6.07, 6.45) is -0.0315. The van der Waals surface area contributed by atoms with Crippen LogP contribution in [0, 0.1) is 6.92 Å². The number of hydrogen-bond donors (Lipinski definition) is 2. The molecule has 2 aromatic heterocycles. The lowest BCUT2D eigenvalue weighted by atomic mass is 10.3. The van der Waals surface area contributed by atoms with Gasteiger partial charge in [-0.05, 0) is 13.0 Å². The predicted molar refractivity (Wildman–Crippen MR) is 77.7 cm³/mol. The van der Waals surface area contributed by atoms with Gasteiger partial charge in [0, 0.05) is 25.6 Å². The van der Waals surface area contributed by atoms with E-state index in [-0.39, 0.29) is 12.1 Å². The van der Waals surface area contributed by atoms with Crippen LogP contribution >= 0.6 is 11.3 Å². The molecular weight excluding hydrogens is 264 g/mol. The predicted octanol–water partition coefficient (Wildman–Crippen LogP) is 1.66. The number of aromatic nitrogens is 2. The van der Waals surface area contributed by atoms with Crippen LogP contribution < -0.4 is 11.1 Å². The first-order chi connectivity index (χ1) is 9.13. The maximum absolute atomic E-state index is 5.72. The summed E-state index contributed by atoms with van der Waals surface area (Å²) in [4.78, 5) is 10.6. The molecule has 0 amide bonds. The Kier molecular flexibility index (Phi) is 4.52. The highest BCUT2D eigenvalue weighted by Crippen LogP contribution is 2.28. The summed E-state index contributed by atoms with van der Waals surface area (Å²) < 4.78 is 10.4. The smallest absolute Gasteiger partial charge is 0.223 e. The fourth-order valence-electron chi connectivity index (χ4n) is 1.80. The van der Waals surface area contributed by atoms with E-state index in [2.05, 4.69) is 21.4 Å². The van der Waals surface area contributed by atoms with Crippen LogP contribution in [0.3, 0.4) is 0 Å². The van der Waals surface area contributed by atoms with E-state index in [4.69, 9.17) is 15.2 Å². The van der Waals surface area contributed by atoms with Crippen molar-refractivity contribution in [3.05, 3.63) is 10.9 Å². The first-order valence-electron chi connectivity index (χ1n) is 5.93. The van der Waals surface area contributed by atoms with Crippen molar-refractivity contribution in [2.24, 2.45) is 0 Å². The molecule has 104 valence electrons. The minimum Gasteiger partial charge on any atom is -0.382 e. The Hall–Kier alpha value is -1.44. The molecule has 0 aliphatic rings. The highest BCUT2D eigenvalue weighted by Gasteiger charge is 2.12. The summed E-state index contributed by atoms with van der Waals surface area (Å²) in [5.74, 6) is 1.02. The van der Waals surface area contributed by atoms with Crippen LogP contribution in [-0.4, -0.2) is 43.4 Å². The van der Waals surface area contributed by atoms with E-state index >= 15 is 0 Å². The number of nitrogen functional groups attached to an aromatic ring is 1. The van der Waals surface area contributed by atoms with Crippen molar-refractivity contribution in [1.29, 1.82) is 0 Å². The molecule has 19 heavy (non-hydrogen) atoms. The van der Waals surface area contributed by atoms with E-state index in [0.29, 0.717) is 13.2 Å². The molecule has 0 saturated heterocycles. The fraction of sp³-hybridized carbons (Fsp3) is 0.500. The normalized spacial score (nSPS) is 12.8. The average Bonchev–Trinajstić information content (AvgIpc) is 2.74. The van der Waals surface area contributed by atoms with Crippen molar-refractivity contribution in [2.45, 2.75) is 13.0 Å². The minimum absolute atomic E-state index is 0.0315. The number of nitrogens with one attached hydrogen (secondary N) is 1. The van der Waals surface area contributed by atoms with Gasteiger partial charge in [0.1, 0.15) is 10.6 Å². The van der Waals surface area contributed by atoms with Crippen molar-refractivity contribution in [3.63, 3.8) is 0 Å². The molecule has 2 aromatic rings. The molecule has 1 atom stereocenters. The highest BCUT2D eigenvalue weighted by atomic mass is 32.1. The molecular formula is C12H18N4O2S. The number of nitrogens with two attached hydrogens (primary N) is 1. The number of hydrogen-bond acceptors (Lipinski definition) is 7. The summed E-state index contributed by atoms with van der Waals surface area (Å²) >= 11 is 1.60. The van der Waals surface area contributed by atoms with Crippen LogP contribution in [0.1, 0.15) is 4.88 Å². The van der Waals surface area contributed by atoms with E-state index in [9.17, 15) is 0 Å². The van der Waals surface area contributed by atoms with Crippen molar-refractivity contribution in [1.82, 2.24) is 9.97 Å². The Morgan fingerprint density at radius 3 is 2.89 bits per heavy atom. The van der Waals surface area contributed by atoms with Gasteiger partial charge in [-0.2, -0.15) is 4.98 Å². The quantitative estimate of drug-likeness (QED) is 0.838. The highest BCUT2D eigenvalue weighted by molar-refractivity contribution is 7.18. The van der Waals surface area contributed by atoms with Gasteiger partial charge in [-0.3, -0.25) is 0 Å². The lowest BCUT2D eigenvalue weighted by molar-refractivity contribution is 0.0365. The third kappa shape index (κ3) is 3.31. The molecule has 0 spiro atoms. The Balaban J connectivity index is 2.19. The molecule has 2 rings (SSSR count). The molecule has 6 nitrogen and oxygen atoms in total. The Morgan fingerprint density at radius 2 is 2.21 bits per heavy atom. The third-order valence-corrected chi connectivity index (χ3v) is 3.66. The van der Waals surface area contributed by atoms with Gasteiger partial charge in [0.05, 0.1) is 18.1 Å². The second-order valence-corrected chi connectivity index (χ2v) is 5.44. The molecule has 0 saturated carbocycles. The molecule has 7 heteroatoms. The molecule has 2 heterocycles. The Labute approximate surface area is 115 Å². The maximum Gasteiger partial charge on any atom is 0.223 e. The van der Waals surface area contributed by atoms with E-state index in [1.807, 2.05) is 6.92 Å².